The molecule has 0 spiro atoms. The van der Waals surface area contributed by atoms with E-state index in [1.54, 1.807) is 6.08 Å². The summed E-state index contributed by atoms with van der Waals surface area (Å²) in [5, 5.41) is 3.03. The number of hydrogen-bond donors (Lipinski definition) is 1. The van der Waals surface area contributed by atoms with Gasteiger partial charge in [-0.1, -0.05) is 26.8 Å². The molecule has 0 aromatic heterocycles. The molecule has 0 aromatic rings. The first-order valence-corrected chi connectivity index (χ1v) is 6.04. The molecule has 1 saturated heterocycles. The molecule has 0 aromatic carbocycles. The second-order valence-corrected chi connectivity index (χ2v) is 4.12. The second-order valence-electron chi connectivity index (χ2n) is 4.12. The third kappa shape index (κ3) is 3.72. The maximum Gasteiger partial charge on any atom is 0.195 e. The lowest BCUT2D eigenvalue weighted by atomic mass is 10.1. The summed E-state index contributed by atoms with van der Waals surface area (Å²) in [4.78, 5) is 11.4. The van der Waals surface area contributed by atoms with Crippen LogP contribution in [0.5, 0.6) is 0 Å². The summed E-state index contributed by atoms with van der Waals surface area (Å²) in [5.41, 5.74) is 0.865. The van der Waals surface area contributed by atoms with Crippen LogP contribution in [0.25, 0.3) is 0 Å². The highest BCUT2D eigenvalue weighted by Crippen LogP contribution is 2.21. The monoisotopic (exact) mass is 223 g/mol. The summed E-state index contributed by atoms with van der Waals surface area (Å²) in [6.07, 6.45) is 6.22. The minimum Gasteiger partial charge on any atom is -0.469 e. The minimum atomic E-state index is 0.0284. The number of allylic oxidation sites excluding steroid dienone is 1. The number of rotatable bonds is 6. The van der Waals surface area contributed by atoms with Gasteiger partial charge in [0.25, 0.3) is 0 Å². The summed E-state index contributed by atoms with van der Waals surface area (Å²) in [6.45, 7) is 8.04. The number of nitrogens with one attached hydrogen (secondary N) is 1. The molecule has 1 atom stereocenters. The summed E-state index contributed by atoms with van der Waals surface area (Å²) in [6, 6.07) is 0. The van der Waals surface area contributed by atoms with Crippen molar-refractivity contribution in [2.75, 3.05) is 0 Å². The molecule has 1 N–H and O–H groups in total. The lowest BCUT2D eigenvalue weighted by Crippen LogP contribution is -2.09. The summed E-state index contributed by atoms with van der Waals surface area (Å²) in [7, 11) is 0. The lowest BCUT2D eigenvalue weighted by molar-refractivity contribution is -0.114. The SMILES string of the molecule is C=C1N/C(=C\C(=O)CCC)OC1CCCC. The Kier molecular flexibility index (Phi) is 5.09. The normalized spacial score (nSPS) is 22.0. The maximum atomic E-state index is 11.4. The standard InChI is InChI=1S/C13H21NO2/c1-4-6-8-12-10(3)14-13(16-12)9-11(15)7-5-2/h9,12,14H,3-8H2,1-2H3/b13-9+. The van der Waals surface area contributed by atoms with Gasteiger partial charge in [0, 0.05) is 12.5 Å². The van der Waals surface area contributed by atoms with Crippen LogP contribution in [0.4, 0.5) is 0 Å². The van der Waals surface area contributed by atoms with Crippen molar-refractivity contribution in [2.45, 2.75) is 52.1 Å². The van der Waals surface area contributed by atoms with E-state index >= 15 is 0 Å². The largest absolute Gasteiger partial charge is 0.469 e. The van der Waals surface area contributed by atoms with Gasteiger partial charge >= 0.3 is 0 Å². The van der Waals surface area contributed by atoms with Crippen LogP contribution < -0.4 is 5.32 Å². The minimum absolute atomic E-state index is 0.0284. The molecule has 1 aliphatic rings. The van der Waals surface area contributed by atoms with Crippen molar-refractivity contribution in [1.29, 1.82) is 0 Å². The van der Waals surface area contributed by atoms with Crippen LogP contribution in [-0.4, -0.2) is 11.9 Å². The van der Waals surface area contributed by atoms with Crippen molar-refractivity contribution in [1.82, 2.24) is 5.32 Å². The van der Waals surface area contributed by atoms with Crippen LogP contribution in [0, 0.1) is 0 Å². The zero-order chi connectivity index (χ0) is 12.0. The summed E-state index contributed by atoms with van der Waals surface area (Å²) >= 11 is 0. The highest BCUT2D eigenvalue weighted by atomic mass is 16.5. The first kappa shape index (κ1) is 12.8. The van der Waals surface area contributed by atoms with Gasteiger partial charge < -0.3 is 10.1 Å². The van der Waals surface area contributed by atoms with E-state index < -0.39 is 0 Å². The molecule has 0 bridgehead atoms. The Morgan fingerprint density at radius 2 is 2.25 bits per heavy atom. The van der Waals surface area contributed by atoms with E-state index in [9.17, 15) is 4.79 Å². The Balaban J connectivity index is 2.48. The molecule has 3 heteroatoms. The molecular formula is C13H21NO2. The van der Waals surface area contributed by atoms with Gasteiger partial charge in [-0.3, -0.25) is 4.79 Å². The first-order chi connectivity index (χ1) is 7.67. The molecule has 0 saturated carbocycles. The van der Waals surface area contributed by atoms with E-state index in [4.69, 9.17) is 4.74 Å². The molecule has 0 aliphatic carbocycles. The maximum absolute atomic E-state index is 11.4. The average molecular weight is 223 g/mol. The fraction of sp³-hybridized carbons (Fsp3) is 0.615. The number of ketones is 1. The Bertz CT molecular complexity index is 294. The Morgan fingerprint density at radius 3 is 2.88 bits per heavy atom. The van der Waals surface area contributed by atoms with Crippen molar-refractivity contribution in [3.8, 4) is 0 Å². The van der Waals surface area contributed by atoms with E-state index in [1.165, 1.54) is 0 Å². The zero-order valence-corrected chi connectivity index (χ0v) is 10.2. The smallest absolute Gasteiger partial charge is 0.195 e. The molecule has 16 heavy (non-hydrogen) atoms. The number of hydrogen-bond acceptors (Lipinski definition) is 3. The van der Waals surface area contributed by atoms with Crippen LogP contribution in [0.2, 0.25) is 0 Å². The number of carbonyl (C=O) groups is 1. The highest BCUT2D eigenvalue weighted by Gasteiger charge is 2.23. The van der Waals surface area contributed by atoms with Gasteiger partial charge in [0.2, 0.25) is 0 Å². The molecule has 1 rings (SSSR count). The van der Waals surface area contributed by atoms with Crippen molar-refractivity contribution >= 4 is 5.78 Å². The predicted octanol–water partition coefficient (Wildman–Crippen LogP) is 2.89. The summed E-state index contributed by atoms with van der Waals surface area (Å²) in [5.74, 6) is 0.665. The zero-order valence-electron chi connectivity index (χ0n) is 10.2. The van der Waals surface area contributed by atoms with E-state index in [1.807, 2.05) is 6.92 Å². The van der Waals surface area contributed by atoms with Crippen LogP contribution in [0.3, 0.4) is 0 Å². The van der Waals surface area contributed by atoms with Gasteiger partial charge in [-0.2, -0.15) is 0 Å². The molecular weight excluding hydrogens is 202 g/mol. The van der Waals surface area contributed by atoms with Gasteiger partial charge in [-0.05, 0) is 19.3 Å². The predicted molar refractivity (Wildman–Crippen MR) is 64.7 cm³/mol. The second kappa shape index (κ2) is 6.36. The van der Waals surface area contributed by atoms with Crippen LogP contribution in [0.1, 0.15) is 46.0 Å². The number of unbranched alkanes of at least 4 members (excludes halogenated alkanes) is 1. The fourth-order valence-corrected chi connectivity index (χ4v) is 1.65. The fourth-order valence-electron chi connectivity index (χ4n) is 1.65. The van der Waals surface area contributed by atoms with Gasteiger partial charge in [0.05, 0.1) is 5.70 Å². The van der Waals surface area contributed by atoms with Crippen molar-refractivity contribution in [2.24, 2.45) is 0 Å². The molecule has 1 heterocycles. The highest BCUT2D eigenvalue weighted by molar-refractivity contribution is 5.90. The van der Waals surface area contributed by atoms with E-state index in [0.29, 0.717) is 12.3 Å². The number of carbonyl (C=O) groups excluding carboxylic acids is 1. The summed E-state index contributed by atoms with van der Waals surface area (Å²) < 4.78 is 5.62. The van der Waals surface area contributed by atoms with E-state index in [0.717, 1.165) is 31.4 Å². The van der Waals surface area contributed by atoms with Crippen molar-refractivity contribution in [3.63, 3.8) is 0 Å². The van der Waals surface area contributed by atoms with Crippen molar-refractivity contribution < 1.29 is 9.53 Å². The number of ether oxygens (including phenoxy) is 1. The first-order valence-electron chi connectivity index (χ1n) is 6.04. The molecule has 90 valence electrons. The molecule has 0 radical (unpaired) electrons. The third-order valence-corrected chi connectivity index (χ3v) is 2.55. The van der Waals surface area contributed by atoms with Crippen LogP contribution >= 0.6 is 0 Å². The Labute approximate surface area is 97.6 Å². The van der Waals surface area contributed by atoms with E-state index in [2.05, 4.69) is 18.8 Å². The average Bonchev–Trinajstić information content (AvgIpc) is 2.56. The third-order valence-electron chi connectivity index (χ3n) is 2.55. The van der Waals surface area contributed by atoms with Gasteiger partial charge in [-0.15, -0.1) is 0 Å². The quantitative estimate of drug-likeness (QED) is 0.704. The van der Waals surface area contributed by atoms with Gasteiger partial charge in [-0.25, -0.2) is 0 Å². The molecule has 1 unspecified atom stereocenters. The van der Waals surface area contributed by atoms with Crippen LogP contribution in [0.15, 0.2) is 24.2 Å². The molecule has 3 nitrogen and oxygen atoms in total. The topological polar surface area (TPSA) is 38.3 Å². The van der Waals surface area contributed by atoms with Crippen LogP contribution in [-0.2, 0) is 9.53 Å². The molecule has 0 amide bonds. The Morgan fingerprint density at radius 1 is 1.50 bits per heavy atom. The molecule has 1 aliphatic heterocycles. The lowest BCUT2D eigenvalue weighted by Gasteiger charge is -2.07. The van der Waals surface area contributed by atoms with Gasteiger partial charge in [0.15, 0.2) is 11.7 Å². The Hall–Kier alpha value is -1.25. The van der Waals surface area contributed by atoms with Crippen molar-refractivity contribution in [3.05, 3.63) is 24.2 Å². The van der Waals surface area contributed by atoms with E-state index in [-0.39, 0.29) is 11.9 Å². The molecule has 1 fully saturated rings. The van der Waals surface area contributed by atoms with Gasteiger partial charge in [0.1, 0.15) is 6.10 Å².